The highest BCUT2D eigenvalue weighted by molar-refractivity contribution is 8.00. The molecule has 6 heteroatoms. The van der Waals surface area contributed by atoms with Gasteiger partial charge in [0, 0.05) is 11.4 Å². The summed E-state index contributed by atoms with van der Waals surface area (Å²) in [6.07, 6.45) is 0.635. The number of thioether (sulfide) groups is 1. The molecule has 3 nitrogen and oxygen atoms in total. The zero-order chi connectivity index (χ0) is 17.4. The van der Waals surface area contributed by atoms with E-state index in [0.717, 1.165) is 16.0 Å². The highest BCUT2D eigenvalue weighted by Crippen LogP contribution is 2.21. The molecule has 0 aliphatic carbocycles. The Morgan fingerprint density at radius 3 is 2.54 bits per heavy atom. The fraction of sp³-hybridized carbons (Fsp3) is 0.278. The fourth-order valence-electron chi connectivity index (χ4n) is 2.10. The van der Waals surface area contributed by atoms with Crippen molar-refractivity contribution < 1.29 is 18.3 Å². The van der Waals surface area contributed by atoms with E-state index in [1.165, 1.54) is 23.9 Å². The molecule has 0 fully saturated rings. The van der Waals surface area contributed by atoms with Crippen LogP contribution in [0.15, 0.2) is 53.4 Å². The van der Waals surface area contributed by atoms with Gasteiger partial charge in [-0.25, -0.2) is 0 Å². The van der Waals surface area contributed by atoms with Crippen molar-refractivity contribution in [2.24, 2.45) is 0 Å². The lowest BCUT2D eigenvalue weighted by Gasteiger charge is -2.08. The van der Waals surface area contributed by atoms with Crippen molar-refractivity contribution in [2.75, 3.05) is 12.3 Å². The number of rotatable bonds is 8. The zero-order valence-electron chi connectivity index (χ0n) is 13.3. The average Bonchev–Trinajstić information content (AvgIpc) is 2.55. The average molecular weight is 351 g/mol. The molecule has 2 rings (SSSR count). The Balaban J connectivity index is 1.70. The van der Waals surface area contributed by atoms with E-state index in [-0.39, 0.29) is 11.7 Å². The van der Waals surface area contributed by atoms with E-state index in [0.29, 0.717) is 18.7 Å². The molecule has 0 aliphatic heterocycles. The van der Waals surface area contributed by atoms with Crippen LogP contribution in [0.25, 0.3) is 0 Å². The summed E-state index contributed by atoms with van der Waals surface area (Å²) in [4.78, 5) is 13.0. The number of amides is 1. The molecule has 1 amide bonds. The molecule has 1 N–H and O–H groups in total. The van der Waals surface area contributed by atoms with Gasteiger partial charge in [0.2, 0.25) is 5.91 Å². The highest BCUT2D eigenvalue weighted by atomic mass is 32.2. The minimum absolute atomic E-state index is 0.0269. The van der Waals surface area contributed by atoms with Gasteiger partial charge >= 0.3 is 6.61 Å². The first-order valence-electron chi connectivity index (χ1n) is 7.53. The molecular formula is C18H19F2NO2S. The van der Waals surface area contributed by atoms with Gasteiger partial charge in [0.25, 0.3) is 0 Å². The van der Waals surface area contributed by atoms with Gasteiger partial charge in [-0.15, -0.1) is 11.8 Å². The van der Waals surface area contributed by atoms with Crippen LogP contribution in [0.1, 0.15) is 11.1 Å². The third-order valence-corrected chi connectivity index (χ3v) is 4.51. The van der Waals surface area contributed by atoms with Gasteiger partial charge in [-0.1, -0.05) is 30.3 Å². The molecule has 2 aromatic rings. The van der Waals surface area contributed by atoms with Gasteiger partial charge in [0.1, 0.15) is 5.75 Å². The number of aryl methyl sites for hydroxylation is 1. The zero-order valence-corrected chi connectivity index (χ0v) is 14.1. The van der Waals surface area contributed by atoms with Gasteiger partial charge < -0.3 is 10.1 Å². The number of alkyl halides is 2. The Labute approximate surface area is 144 Å². The van der Waals surface area contributed by atoms with E-state index in [4.69, 9.17) is 0 Å². The number of benzene rings is 2. The van der Waals surface area contributed by atoms with Crippen LogP contribution in [-0.2, 0) is 11.2 Å². The van der Waals surface area contributed by atoms with Crippen LogP contribution in [0, 0.1) is 6.92 Å². The molecule has 0 aromatic heterocycles. The second-order valence-electron chi connectivity index (χ2n) is 5.18. The van der Waals surface area contributed by atoms with Crippen molar-refractivity contribution in [3.63, 3.8) is 0 Å². The molecule has 128 valence electrons. The smallest absolute Gasteiger partial charge is 0.387 e. The topological polar surface area (TPSA) is 38.3 Å². The van der Waals surface area contributed by atoms with Gasteiger partial charge in [0.05, 0.1) is 5.75 Å². The van der Waals surface area contributed by atoms with Gasteiger partial charge in [0.15, 0.2) is 0 Å². The Kier molecular flexibility index (Phi) is 7.06. The lowest BCUT2D eigenvalue weighted by molar-refractivity contribution is -0.118. The molecule has 2 aromatic carbocycles. The van der Waals surface area contributed by atoms with Crippen molar-refractivity contribution in [2.45, 2.75) is 24.9 Å². The molecule has 0 heterocycles. The molecule has 0 bridgehead atoms. The second kappa shape index (κ2) is 9.27. The molecule has 24 heavy (non-hydrogen) atoms. The van der Waals surface area contributed by atoms with E-state index in [9.17, 15) is 13.6 Å². The summed E-state index contributed by atoms with van der Waals surface area (Å²) in [5.41, 5.74) is 2.10. The van der Waals surface area contributed by atoms with Crippen molar-refractivity contribution in [1.82, 2.24) is 5.32 Å². The van der Waals surface area contributed by atoms with Gasteiger partial charge in [-0.05, 0) is 42.7 Å². The van der Waals surface area contributed by atoms with Crippen LogP contribution in [0.4, 0.5) is 8.78 Å². The summed E-state index contributed by atoms with van der Waals surface area (Å²) in [6.45, 7) is -0.301. The molecule has 0 saturated heterocycles. The lowest BCUT2D eigenvalue weighted by atomic mass is 10.1. The van der Waals surface area contributed by atoms with Crippen LogP contribution >= 0.6 is 11.8 Å². The number of hydrogen-bond donors (Lipinski definition) is 1. The number of halogens is 2. The maximum absolute atomic E-state index is 12.1. The molecule has 0 aliphatic rings. The molecular weight excluding hydrogens is 332 g/mol. The number of hydrogen-bond acceptors (Lipinski definition) is 3. The van der Waals surface area contributed by atoms with Crippen LogP contribution in [0.5, 0.6) is 5.75 Å². The first-order valence-corrected chi connectivity index (χ1v) is 8.52. The molecule has 0 atom stereocenters. The Bertz CT molecular complexity index is 662. The van der Waals surface area contributed by atoms with E-state index in [2.05, 4.69) is 10.1 Å². The highest BCUT2D eigenvalue weighted by Gasteiger charge is 2.06. The summed E-state index contributed by atoms with van der Waals surface area (Å²) in [7, 11) is 0. The lowest BCUT2D eigenvalue weighted by Crippen LogP contribution is -2.27. The number of nitrogens with one attached hydrogen (secondary N) is 1. The first-order chi connectivity index (χ1) is 11.5. The van der Waals surface area contributed by atoms with Crippen molar-refractivity contribution in [3.05, 3.63) is 59.7 Å². The standard InChI is InChI=1S/C18H19F2NO2S/c1-13-4-2-3-5-16(13)24-12-17(22)21-11-10-14-6-8-15(9-7-14)23-18(19)20/h2-9,18H,10-12H2,1H3,(H,21,22). The Morgan fingerprint density at radius 2 is 1.88 bits per heavy atom. The predicted octanol–water partition coefficient (Wildman–Crippen LogP) is 4.05. The largest absolute Gasteiger partial charge is 0.435 e. The van der Waals surface area contributed by atoms with E-state index < -0.39 is 6.61 Å². The normalized spacial score (nSPS) is 10.7. The predicted molar refractivity (Wildman–Crippen MR) is 91.7 cm³/mol. The minimum Gasteiger partial charge on any atom is -0.435 e. The van der Waals surface area contributed by atoms with Crippen molar-refractivity contribution in [3.8, 4) is 5.75 Å². The fourth-order valence-corrected chi connectivity index (χ4v) is 2.96. The third kappa shape index (κ3) is 6.20. The number of carbonyl (C=O) groups is 1. The molecule has 0 saturated carbocycles. The summed E-state index contributed by atoms with van der Waals surface area (Å²) in [6, 6.07) is 14.4. The summed E-state index contributed by atoms with van der Waals surface area (Å²) in [5.74, 6) is 0.472. The van der Waals surface area contributed by atoms with Gasteiger partial charge in [-0.3, -0.25) is 4.79 Å². The van der Waals surface area contributed by atoms with Crippen molar-refractivity contribution >= 4 is 17.7 Å². The summed E-state index contributed by atoms with van der Waals surface area (Å²) >= 11 is 1.51. The van der Waals surface area contributed by atoms with E-state index in [1.54, 1.807) is 12.1 Å². The Hall–Kier alpha value is -2.08. The van der Waals surface area contributed by atoms with Crippen LogP contribution in [0.2, 0.25) is 0 Å². The minimum atomic E-state index is -2.82. The summed E-state index contributed by atoms with van der Waals surface area (Å²) in [5, 5.41) is 2.86. The Morgan fingerprint density at radius 1 is 1.17 bits per heavy atom. The molecule has 0 spiro atoms. The quantitative estimate of drug-likeness (QED) is 0.729. The molecule has 0 radical (unpaired) electrons. The maximum Gasteiger partial charge on any atom is 0.387 e. The van der Waals surface area contributed by atoms with Crippen LogP contribution in [0.3, 0.4) is 0 Å². The van der Waals surface area contributed by atoms with Crippen LogP contribution in [-0.4, -0.2) is 24.8 Å². The maximum atomic E-state index is 12.1. The first kappa shape index (κ1) is 18.3. The third-order valence-electron chi connectivity index (χ3n) is 3.34. The monoisotopic (exact) mass is 351 g/mol. The van der Waals surface area contributed by atoms with E-state index >= 15 is 0 Å². The SMILES string of the molecule is Cc1ccccc1SCC(=O)NCCc1ccc(OC(F)F)cc1. The number of ether oxygens (including phenoxy) is 1. The molecule has 0 unspecified atom stereocenters. The number of carbonyl (C=O) groups excluding carboxylic acids is 1. The summed E-state index contributed by atoms with van der Waals surface area (Å²) < 4.78 is 28.4. The van der Waals surface area contributed by atoms with Crippen LogP contribution < -0.4 is 10.1 Å². The second-order valence-corrected chi connectivity index (χ2v) is 6.19. The van der Waals surface area contributed by atoms with Crippen molar-refractivity contribution in [1.29, 1.82) is 0 Å². The van der Waals surface area contributed by atoms with E-state index in [1.807, 2.05) is 31.2 Å². The van der Waals surface area contributed by atoms with Gasteiger partial charge in [-0.2, -0.15) is 8.78 Å².